The van der Waals surface area contributed by atoms with Crippen molar-refractivity contribution in [2.45, 2.75) is 12.0 Å². The van der Waals surface area contributed by atoms with Gasteiger partial charge < -0.3 is 61.9 Å². The van der Waals surface area contributed by atoms with Crippen molar-refractivity contribution in [3.05, 3.63) is 70.8 Å². The van der Waals surface area contributed by atoms with Gasteiger partial charge in [0.25, 0.3) is 0 Å². The van der Waals surface area contributed by atoms with E-state index >= 15 is 0 Å². The fourth-order valence-electron chi connectivity index (χ4n) is 5.09. The molecule has 3 aromatic rings. The summed E-state index contributed by atoms with van der Waals surface area (Å²) >= 11 is 0. The number of carbonyl (C=O) groups excluding carboxylic acids is 1. The molecule has 14 heteroatoms. The van der Waals surface area contributed by atoms with Crippen molar-refractivity contribution >= 4 is 11.9 Å². The summed E-state index contributed by atoms with van der Waals surface area (Å²) in [6.07, 6.45) is 2.40. The van der Waals surface area contributed by atoms with Crippen LogP contribution in [-0.4, -0.2) is 94.1 Å². The molecule has 0 amide bonds. The standard InChI is InChI=1S/C35H42O14/c1-38-17-44-24-14-30(46-19-40-3)33(31(15-24)47-20-41-4)27(37)9-7-22-11-25-26(16-36)34(49-35(25)32(12-22)48-21-42-5)23-8-10-28(45-18-39-2)29(13-23)43-6/h7-15,26,34,36H,16-21H2,1-6H3/b9-7+/t26-,34+/m1/s1. The minimum atomic E-state index is -0.587. The highest BCUT2D eigenvalue weighted by Crippen LogP contribution is 2.51. The highest BCUT2D eigenvalue weighted by molar-refractivity contribution is 6.10. The number of benzene rings is 3. The lowest BCUT2D eigenvalue weighted by molar-refractivity contribution is 0.0400. The summed E-state index contributed by atoms with van der Waals surface area (Å²) in [6.45, 7) is -0.553. The van der Waals surface area contributed by atoms with Crippen LogP contribution < -0.4 is 33.2 Å². The smallest absolute Gasteiger partial charge is 0.193 e. The van der Waals surface area contributed by atoms with Gasteiger partial charge in [0.15, 0.2) is 62.7 Å². The zero-order valence-electron chi connectivity index (χ0n) is 28.3. The van der Waals surface area contributed by atoms with E-state index in [0.717, 1.165) is 5.56 Å². The van der Waals surface area contributed by atoms with Gasteiger partial charge in [0.05, 0.1) is 19.6 Å². The monoisotopic (exact) mass is 686 g/mol. The van der Waals surface area contributed by atoms with E-state index in [2.05, 4.69) is 0 Å². The van der Waals surface area contributed by atoms with Crippen LogP contribution >= 0.6 is 0 Å². The molecule has 0 radical (unpaired) electrons. The summed E-state index contributed by atoms with van der Waals surface area (Å²) < 4.78 is 65.8. The highest BCUT2D eigenvalue weighted by atomic mass is 16.7. The minimum Gasteiger partial charge on any atom is -0.493 e. The summed E-state index contributed by atoms with van der Waals surface area (Å²) in [5, 5.41) is 10.6. The van der Waals surface area contributed by atoms with E-state index in [1.807, 2.05) is 12.1 Å². The second-order valence-corrected chi connectivity index (χ2v) is 10.4. The average Bonchev–Trinajstić information content (AvgIpc) is 3.50. The number of allylic oxidation sites excluding steroid dienone is 1. The maximum Gasteiger partial charge on any atom is 0.193 e. The Bertz CT molecular complexity index is 1530. The van der Waals surface area contributed by atoms with Gasteiger partial charge in [0, 0.05) is 53.2 Å². The van der Waals surface area contributed by atoms with Gasteiger partial charge in [-0.3, -0.25) is 4.79 Å². The molecule has 0 saturated carbocycles. The first-order valence-corrected chi connectivity index (χ1v) is 15.0. The van der Waals surface area contributed by atoms with Gasteiger partial charge in [-0.25, -0.2) is 0 Å². The molecule has 0 fully saturated rings. The third kappa shape index (κ3) is 9.32. The zero-order chi connectivity index (χ0) is 35.2. The number of carbonyl (C=O) groups is 1. The van der Waals surface area contributed by atoms with Crippen LogP contribution in [0.15, 0.2) is 48.5 Å². The van der Waals surface area contributed by atoms with Crippen LogP contribution in [0.3, 0.4) is 0 Å². The lowest BCUT2D eigenvalue weighted by Gasteiger charge is -2.19. The van der Waals surface area contributed by atoms with Gasteiger partial charge in [0.2, 0.25) is 0 Å². The second-order valence-electron chi connectivity index (χ2n) is 10.4. The van der Waals surface area contributed by atoms with Crippen LogP contribution in [-0.2, 0) is 23.7 Å². The number of aliphatic hydroxyl groups excluding tert-OH is 1. The van der Waals surface area contributed by atoms with E-state index in [-0.39, 0.29) is 57.6 Å². The Balaban J connectivity index is 1.71. The van der Waals surface area contributed by atoms with Crippen molar-refractivity contribution in [3.8, 4) is 40.2 Å². The van der Waals surface area contributed by atoms with E-state index < -0.39 is 17.8 Å². The topological polar surface area (TPSA) is 148 Å². The summed E-state index contributed by atoms with van der Waals surface area (Å²) in [4.78, 5) is 13.8. The Labute approximate surface area is 284 Å². The van der Waals surface area contributed by atoms with Crippen molar-refractivity contribution in [1.29, 1.82) is 0 Å². The molecule has 1 heterocycles. The Morgan fingerprint density at radius 2 is 1.27 bits per heavy atom. The van der Waals surface area contributed by atoms with Crippen LogP contribution in [0.1, 0.15) is 39.1 Å². The largest absolute Gasteiger partial charge is 0.493 e. The molecule has 1 N–H and O–H groups in total. The molecule has 266 valence electrons. The van der Waals surface area contributed by atoms with Crippen LogP contribution in [0.2, 0.25) is 0 Å². The number of rotatable bonds is 21. The quantitative estimate of drug-likeness (QED) is 0.0936. The summed E-state index contributed by atoms with van der Waals surface area (Å²) in [5.41, 5.74) is 2.14. The molecule has 0 aliphatic carbocycles. The predicted octanol–water partition coefficient (Wildman–Crippen LogP) is 4.71. The molecular formula is C35H42O14. The normalized spacial score (nSPS) is 15.1. The molecule has 14 nitrogen and oxygen atoms in total. The summed E-state index contributed by atoms with van der Waals surface area (Å²) in [7, 11) is 8.97. The first kappa shape index (κ1) is 37.3. The fourth-order valence-corrected chi connectivity index (χ4v) is 5.09. The molecule has 0 spiro atoms. The molecule has 2 atom stereocenters. The first-order valence-electron chi connectivity index (χ1n) is 15.0. The Morgan fingerprint density at radius 1 is 0.694 bits per heavy atom. The molecule has 1 aliphatic rings. The molecule has 0 unspecified atom stereocenters. The van der Waals surface area contributed by atoms with Gasteiger partial charge in [-0.05, 0) is 41.5 Å². The van der Waals surface area contributed by atoms with Crippen molar-refractivity contribution < 1.29 is 66.7 Å². The second kappa shape index (κ2) is 18.8. The zero-order valence-corrected chi connectivity index (χ0v) is 28.3. The van der Waals surface area contributed by atoms with Gasteiger partial charge in [-0.2, -0.15) is 0 Å². The van der Waals surface area contributed by atoms with Crippen molar-refractivity contribution in [2.75, 3.05) is 83.2 Å². The van der Waals surface area contributed by atoms with Gasteiger partial charge in [0.1, 0.15) is 28.9 Å². The fraction of sp³-hybridized carbons (Fsp3) is 0.400. The van der Waals surface area contributed by atoms with Gasteiger partial charge >= 0.3 is 0 Å². The Morgan fingerprint density at radius 3 is 1.84 bits per heavy atom. The Kier molecular flexibility index (Phi) is 14.3. The van der Waals surface area contributed by atoms with Gasteiger partial charge in [-0.1, -0.05) is 12.1 Å². The van der Waals surface area contributed by atoms with Crippen molar-refractivity contribution in [1.82, 2.24) is 0 Å². The highest BCUT2D eigenvalue weighted by Gasteiger charge is 2.38. The van der Waals surface area contributed by atoms with Crippen LogP contribution in [0.5, 0.6) is 40.2 Å². The molecule has 0 saturated heterocycles. The van der Waals surface area contributed by atoms with E-state index in [9.17, 15) is 9.90 Å². The van der Waals surface area contributed by atoms with E-state index in [0.29, 0.717) is 39.9 Å². The van der Waals surface area contributed by atoms with Crippen LogP contribution in [0.25, 0.3) is 6.08 Å². The van der Waals surface area contributed by atoms with Crippen molar-refractivity contribution in [3.63, 3.8) is 0 Å². The number of hydrogen-bond acceptors (Lipinski definition) is 14. The van der Waals surface area contributed by atoms with Crippen LogP contribution in [0, 0.1) is 0 Å². The first-order chi connectivity index (χ1) is 23.9. The average molecular weight is 687 g/mol. The Hall–Kier alpha value is -4.57. The third-order valence-corrected chi connectivity index (χ3v) is 7.21. The van der Waals surface area contributed by atoms with E-state index in [4.69, 9.17) is 56.8 Å². The number of aliphatic hydroxyl groups is 1. The number of ether oxygens (including phenoxy) is 12. The molecular weight excluding hydrogens is 644 g/mol. The molecule has 1 aliphatic heterocycles. The molecule has 0 bridgehead atoms. The van der Waals surface area contributed by atoms with E-state index in [1.54, 1.807) is 36.4 Å². The maximum atomic E-state index is 13.8. The lowest BCUT2D eigenvalue weighted by atomic mass is 9.90. The SMILES string of the molecule is COCOc1cc(OCOC)c(C(=O)/C=C/c2cc(OCOC)c3c(c2)[C@@H](CO)[C@H](c2ccc(OCOC)c(OC)c2)O3)c(OCOC)c1. The number of hydrogen-bond donors (Lipinski definition) is 1. The van der Waals surface area contributed by atoms with E-state index in [1.165, 1.54) is 48.7 Å². The third-order valence-electron chi connectivity index (χ3n) is 7.21. The number of methoxy groups -OCH3 is 6. The summed E-state index contributed by atoms with van der Waals surface area (Å²) in [6, 6.07) is 12.0. The maximum absolute atomic E-state index is 13.8. The van der Waals surface area contributed by atoms with Gasteiger partial charge in [-0.15, -0.1) is 0 Å². The number of fused-ring (bicyclic) bond motifs is 1. The lowest BCUT2D eigenvalue weighted by Crippen LogP contribution is -2.13. The molecule has 49 heavy (non-hydrogen) atoms. The van der Waals surface area contributed by atoms with Crippen molar-refractivity contribution in [2.24, 2.45) is 0 Å². The predicted molar refractivity (Wildman–Crippen MR) is 175 cm³/mol. The van der Waals surface area contributed by atoms with Crippen LogP contribution in [0.4, 0.5) is 0 Å². The number of ketones is 1. The molecule has 4 rings (SSSR count). The summed E-state index contributed by atoms with van der Waals surface area (Å²) in [5.74, 6) is 1.54. The molecule has 3 aromatic carbocycles. The molecule has 0 aromatic heterocycles. The minimum absolute atomic E-state index is 0.0342.